The standard InChI is InChI=1S/C12H19NO3/c1-9(2)12(14)10-4-5-11(13-8-10)16-7-6-15-3/h4-5,8-9,12,14H,6-7H2,1-3H3. The van der Waals surface area contributed by atoms with Crippen LogP contribution in [0.1, 0.15) is 25.5 Å². The molecular formula is C12H19NO3. The Morgan fingerprint density at radius 3 is 2.56 bits per heavy atom. The van der Waals surface area contributed by atoms with E-state index in [1.165, 1.54) is 0 Å². The van der Waals surface area contributed by atoms with Gasteiger partial charge >= 0.3 is 0 Å². The van der Waals surface area contributed by atoms with Crippen molar-refractivity contribution in [3.8, 4) is 5.88 Å². The Kier molecular flexibility index (Phi) is 5.22. The van der Waals surface area contributed by atoms with E-state index in [1.54, 1.807) is 19.4 Å². The Morgan fingerprint density at radius 1 is 1.31 bits per heavy atom. The van der Waals surface area contributed by atoms with Crippen LogP contribution in [0.25, 0.3) is 0 Å². The molecule has 0 fully saturated rings. The maximum atomic E-state index is 9.80. The van der Waals surface area contributed by atoms with Gasteiger partial charge in [0.15, 0.2) is 0 Å². The fourth-order valence-corrected chi connectivity index (χ4v) is 1.27. The molecule has 16 heavy (non-hydrogen) atoms. The van der Waals surface area contributed by atoms with Crippen molar-refractivity contribution in [3.63, 3.8) is 0 Å². The lowest BCUT2D eigenvalue weighted by atomic mass is 10.0. The fourth-order valence-electron chi connectivity index (χ4n) is 1.27. The first kappa shape index (κ1) is 12.9. The maximum absolute atomic E-state index is 9.80. The lowest BCUT2D eigenvalue weighted by molar-refractivity contribution is 0.126. The summed E-state index contributed by atoms with van der Waals surface area (Å²) >= 11 is 0. The zero-order chi connectivity index (χ0) is 12.0. The molecule has 4 heteroatoms. The summed E-state index contributed by atoms with van der Waals surface area (Å²) in [5, 5.41) is 9.80. The van der Waals surface area contributed by atoms with Gasteiger partial charge in [0.05, 0.1) is 12.7 Å². The number of aliphatic hydroxyl groups is 1. The van der Waals surface area contributed by atoms with Crippen LogP contribution in [0.4, 0.5) is 0 Å². The highest BCUT2D eigenvalue weighted by Gasteiger charge is 2.12. The molecule has 1 unspecified atom stereocenters. The molecular weight excluding hydrogens is 206 g/mol. The molecule has 0 aliphatic rings. The van der Waals surface area contributed by atoms with Crippen LogP contribution in [0.15, 0.2) is 18.3 Å². The monoisotopic (exact) mass is 225 g/mol. The molecule has 1 atom stereocenters. The van der Waals surface area contributed by atoms with Crippen LogP contribution < -0.4 is 4.74 Å². The number of ether oxygens (including phenoxy) is 2. The van der Waals surface area contributed by atoms with Crippen LogP contribution in [-0.2, 0) is 4.74 Å². The zero-order valence-corrected chi connectivity index (χ0v) is 10.0. The van der Waals surface area contributed by atoms with E-state index in [9.17, 15) is 5.11 Å². The molecule has 4 nitrogen and oxygen atoms in total. The van der Waals surface area contributed by atoms with Gasteiger partial charge in [-0.1, -0.05) is 13.8 Å². The minimum absolute atomic E-state index is 0.182. The predicted octanol–water partition coefficient (Wildman–Crippen LogP) is 1.80. The van der Waals surface area contributed by atoms with Crippen LogP contribution >= 0.6 is 0 Å². The van der Waals surface area contributed by atoms with Crippen molar-refractivity contribution in [2.24, 2.45) is 5.92 Å². The van der Waals surface area contributed by atoms with Crippen molar-refractivity contribution in [3.05, 3.63) is 23.9 Å². The molecule has 0 saturated carbocycles. The molecule has 1 aromatic rings. The van der Waals surface area contributed by atoms with Gasteiger partial charge in [-0.2, -0.15) is 0 Å². The Bertz CT molecular complexity index is 298. The first-order valence-electron chi connectivity index (χ1n) is 5.41. The summed E-state index contributed by atoms with van der Waals surface area (Å²) in [6.45, 7) is 4.95. The molecule has 0 bridgehead atoms. The second-order valence-corrected chi connectivity index (χ2v) is 3.96. The van der Waals surface area contributed by atoms with Gasteiger partial charge in [-0.05, 0) is 17.5 Å². The number of hydrogen-bond donors (Lipinski definition) is 1. The lowest BCUT2D eigenvalue weighted by Crippen LogP contribution is -2.07. The molecule has 0 radical (unpaired) electrons. The molecule has 1 N–H and O–H groups in total. The molecule has 1 aromatic heterocycles. The van der Waals surface area contributed by atoms with Crippen molar-refractivity contribution in [2.75, 3.05) is 20.3 Å². The van der Waals surface area contributed by atoms with Gasteiger partial charge in [-0.25, -0.2) is 4.98 Å². The summed E-state index contributed by atoms with van der Waals surface area (Å²) in [4.78, 5) is 4.12. The number of pyridine rings is 1. The van der Waals surface area contributed by atoms with Crippen molar-refractivity contribution < 1.29 is 14.6 Å². The highest BCUT2D eigenvalue weighted by atomic mass is 16.5. The van der Waals surface area contributed by atoms with E-state index in [4.69, 9.17) is 9.47 Å². The van der Waals surface area contributed by atoms with Gasteiger partial charge in [-0.3, -0.25) is 0 Å². The number of aromatic nitrogens is 1. The van der Waals surface area contributed by atoms with Crippen molar-refractivity contribution in [2.45, 2.75) is 20.0 Å². The largest absolute Gasteiger partial charge is 0.475 e. The van der Waals surface area contributed by atoms with E-state index in [1.807, 2.05) is 19.9 Å². The van der Waals surface area contributed by atoms with E-state index < -0.39 is 6.10 Å². The molecule has 1 rings (SSSR count). The van der Waals surface area contributed by atoms with Crippen LogP contribution in [0.3, 0.4) is 0 Å². The summed E-state index contributed by atoms with van der Waals surface area (Å²) in [7, 11) is 1.62. The molecule has 90 valence electrons. The first-order chi connectivity index (χ1) is 7.65. The molecule has 0 spiro atoms. The molecule has 0 saturated heterocycles. The summed E-state index contributed by atoms with van der Waals surface area (Å²) in [6.07, 6.45) is 1.17. The number of nitrogens with zero attached hydrogens (tertiary/aromatic N) is 1. The Hall–Kier alpha value is -1.13. The van der Waals surface area contributed by atoms with E-state index >= 15 is 0 Å². The quantitative estimate of drug-likeness (QED) is 0.750. The van der Waals surface area contributed by atoms with Crippen LogP contribution in [0, 0.1) is 5.92 Å². The highest BCUT2D eigenvalue weighted by molar-refractivity contribution is 5.20. The minimum atomic E-state index is -0.472. The normalized spacial score (nSPS) is 12.8. The number of methoxy groups -OCH3 is 1. The first-order valence-corrected chi connectivity index (χ1v) is 5.41. The van der Waals surface area contributed by atoms with Gasteiger partial charge in [0.25, 0.3) is 0 Å². The Labute approximate surface area is 96.2 Å². The third-order valence-electron chi connectivity index (χ3n) is 2.27. The number of hydrogen-bond acceptors (Lipinski definition) is 4. The second-order valence-electron chi connectivity index (χ2n) is 3.96. The number of rotatable bonds is 6. The highest BCUT2D eigenvalue weighted by Crippen LogP contribution is 2.21. The SMILES string of the molecule is COCCOc1ccc(C(O)C(C)C)cn1. The van der Waals surface area contributed by atoms with Crippen molar-refractivity contribution in [1.82, 2.24) is 4.98 Å². The fraction of sp³-hybridized carbons (Fsp3) is 0.583. The Balaban J connectivity index is 2.54. The summed E-state index contributed by atoms with van der Waals surface area (Å²) < 4.78 is 10.2. The average molecular weight is 225 g/mol. The van der Waals surface area contributed by atoms with Crippen LogP contribution in [0.5, 0.6) is 5.88 Å². The van der Waals surface area contributed by atoms with E-state index in [2.05, 4.69) is 4.98 Å². The van der Waals surface area contributed by atoms with Gasteiger partial charge in [0.2, 0.25) is 5.88 Å². The average Bonchev–Trinajstić information content (AvgIpc) is 2.29. The summed E-state index contributed by atoms with van der Waals surface area (Å²) in [5.74, 6) is 0.735. The Morgan fingerprint density at radius 2 is 2.06 bits per heavy atom. The summed E-state index contributed by atoms with van der Waals surface area (Å²) in [6, 6.07) is 3.59. The molecule has 0 aliphatic heterocycles. The van der Waals surface area contributed by atoms with Gasteiger partial charge < -0.3 is 14.6 Å². The molecule has 1 heterocycles. The number of aliphatic hydroxyl groups excluding tert-OH is 1. The lowest BCUT2D eigenvalue weighted by Gasteiger charge is -2.14. The van der Waals surface area contributed by atoms with Gasteiger partial charge in [-0.15, -0.1) is 0 Å². The summed E-state index contributed by atoms with van der Waals surface area (Å²) in [5.41, 5.74) is 0.814. The molecule has 0 aromatic carbocycles. The third kappa shape index (κ3) is 3.79. The maximum Gasteiger partial charge on any atom is 0.213 e. The van der Waals surface area contributed by atoms with E-state index in [0.717, 1.165) is 5.56 Å². The van der Waals surface area contributed by atoms with Gasteiger partial charge in [0, 0.05) is 19.4 Å². The predicted molar refractivity (Wildman–Crippen MR) is 61.4 cm³/mol. The smallest absolute Gasteiger partial charge is 0.213 e. The van der Waals surface area contributed by atoms with E-state index in [0.29, 0.717) is 19.1 Å². The second kappa shape index (κ2) is 6.45. The molecule has 0 aliphatic carbocycles. The van der Waals surface area contributed by atoms with Gasteiger partial charge in [0.1, 0.15) is 6.61 Å². The van der Waals surface area contributed by atoms with Crippen LogP contribution in [0.2, 0.25) is 0 Å². The van der Waals surface area contributed by atoms with Crippen molar-refractivity contribution >= 4 is 0 Å². The zero-order valence-electron chi connectivity index (χ0n) is 10.0. The van der Waals surface area contributed by atoms with Crippen molar-refractivity contribution in [1.29, 1.82) is 0 Å². The van der Waals surface area contributed by atoms with E-state index in [-0.39, 0.29) is 5.92 Å². The minimum Gasteiger partial charge on any atom is -0.475 e. The van der Waals surface area contributed by atoms with Crippen LogP contribution in [-0.4, -0.2) is 30.4 Å². The topological polar surface area (TPSA) is 51.6 Å². The third-order valence-corrected chi connectivity index (χ3v) is 2.27. The molecule has 0 amide bonds.